The van der Waals surface area contributed by atoms with Gasteiger partial charge in [-0.2, -0.15) is 8.42 Å². The van der Waals surface area contributed by atoms with Crippen molar-refractivity contribution in [1.82, 2.24) is 0 Å². The molecule has 8 heavy (non-hydrogen) atoms. The molecule has 60 valence electrons. The van der Waals surface area contributed by atoms with Gasteiger partial charge >= 0.3 is 10.4 Å². The molecule has 0 aliphatic heterocycles. The molecule has 0 aromatic rings. The van der Waals surface area contributed by atoms with Crippen LogP contribution in [-0.4, -0.2) is 17.5 Å². The van der Waals surface area contributed by atoms with Crippen LogP contribution in [-0.2, 0) is 43.4 Å². The summed E-state index contributed by atoms with van der Waals surface area (Å²) in [6.45, 7) is 0. The van der Waals surface area contributed by atoms with E-state index in [2.05, 4.69) is 0 Å². The molecule has 8 heteroatoms. The quantitative estimate of drug-likeness (QED) is 0.461. The molecule has 0 fully saturated rings. The number of rotatable bonds is 0. The van der Waals surface area contributed by atoms with Gasteiger partial charge in [0, 0.05) is 33.0 Å². The summed E-state index contributed by atoms with van der Waals surface area (Å²) in [6.07, 6.45) is 0. The first kappa shape index (κ1) is 22.9. The minimum atomic E-state index is -4.67. The smallest absolute Gasteiger partial charge is 0.264 e. The van der Waals surface area contributed by atoms with Gasteiger partial charge in [0.05, 0.1) is 0 Å². The molecule has 2 N–H and O–H groups in total. The Bertz CT molecular complexity index is 97.2. The van der Waals surface area contributed by atoms with Crippen molar-refractivity contribution < 1.29 is 50.5 Å². The van der Waals surface area contributed by atoms with E-state index in [1.54, 1.807) is 0 Å². The zero-order chi connectivity index (χ0) is 4.50. The van der Waals surface area contributed by atoms with Crippen LogP contribution in [0.5, 0.6) is 0 Å². The first-order valence-electron chi connectivity index (χ1n) is 0.698. The van der Waals surface area contributed by atoms with Gasteiger partial charge in [-0.15, -0.1) is 12.4 Å². The summed E-state index contributed by atoms with van der Waals surface area (Å²) in [5.74, 6) is 0. The molecule has 0 radical (unpaired) electrons. The summed E-state index contributed by atoms with van der Waals surface area (Å²) in [7, 11) is -4.67. The normalized spacial score (nSPS) is 7.25. The van der Waals surface area contributed by atoms with E-state index in [-0.39, 0.29) is 45.4 Å². The van der Waals surface area contributed by atoms with Gasteiger partial charge in [0.15, 0.2) is 0 Å². The molecule has 0 saturated heterocycles. The van der Waals surface area contributed by atoms with Gasteiger partial charge in [-0.1, -0.05) is 0 Å². The minimum absolute atomic E-state index is 0. The van der Waals surface area contributed by atoms with E-state index in [1.165, 1.54) is 0 Å². The van der Waals surface area contributed by atoms with Crippen molar-refractivity contribution in [2.75, 3.05) is 0 Å². The van der Waals surface area contributed by atoms with Crippen molar-refractivity contribution in [3.8, 4) is 0 Å². The van der Waals surface area contributed by atoms with Crippen LogP contribution in [0.25, 0.3) is 0 Å². The zero-order valence-electron chi connectivity index (χ0n) is 3.16. The summed E-state index contributed by atoms with van der Waals surface area (Å²) < 4.78 is 31.6. The zero-order valence-corrected chi connectivity index (χ0v) is 6.77. The maximum absolute atomic E-state index is 8.74. The van der Waals surface area contributed by atoms with Gasteiger partial charge < -0.3 is 0 Å². The monoisotopic (exact) mass is 250 g/mol. The van der Waals surface area contributed by atoms with Crippen molar-refractivity contribution in [1.29, 1.82) is 0 Å². The molecule has 0 spiro atoms. The van der Waals surface area contributed by atoms with E-state index in [1.807, 2.05) is 0 Å². The van der Waals surface area contributed by atoms with E-state index in [9.17, 15) is 0 Å². The standard InChI is InChI=1S/ClH.2Ni.H2O4S/c;;;1-5(2,3)4/h1H;;;(H2,1,2,3,4). The van der Waals surface area contributed by atoms with E-state index in [0.29, 0.717) is 0 Å². The molecule has 0 saturated carbocycles. The van der Waals surface area contributed by atoms with Crippen LogP contribution in [0.1, 0.15) is 0 Å². The Morgan fingerprint density at radius 3 is 1.00 bits per heavy atom. The second kappa shape index (κ2) is 8.15. The van der Waals surface area contributed by atoms with Gasteiger partial charge in [0.2, 0.25) is 0 Å². The van der Waals surface area contributed by atoms with Gasteiger partial charge in [0.25, 0.3) is 0 Å². The van der Waals surface area contributed by atoms with Crippen LogP contribution >= 0.6 is 12.4 Å². The first-order valence-corrected chi connectivity index (χ1v) is 2.10. The summed E-state index contributed by atoms with van der Waals surface area (Å²) in [4.78, 5) is 0. The molecular weight excluding hydrogens is 249 g/mol. The summed E-state index contributed by atoms with van der Waals surface area (Å²) >= 11 is 0. The SMILES string of the molecule is Cl.O=S(=O)(O)O.[Ni].[Ni]. The molecular formula is H3ClNi2O4S. The fraction of sp³-hybridized carbons (Fsp3) is 0. The minimum Gasteiger partial charge on any atom is -0.264 e. The predicted octanol–water partition coefficient (Wildman–Crippen LogP) is -0.236. The Kier molecular flexibility index (Phi) is 23.3. The maximum Gasteiger partial charge on any atom is 0.394 e. The Hall–Kier alpha value is 1.15. The maximum atomic E-state index is 8.74. The van der Waals surface area contributed by atoms with E-state index >= 15 is 0 Å². The number of halogens is 1. The average Bonchev–Trinajstić information content (AvgIpc) is 0.722. The van der Waals surface area contributed by atoms with E-state index in [0.717, 1.165) is 0 Å². The Morgan fingerprint density at radius 1 is 1.00 bits per heavy atom. The Balaban J connectivity index is -0.0000000267. The topological polar surface area (TPSA) is 74.6 Å². The summed E-state index contributed by atoms with van der Waals surface area (Å²) in [5.41, 5.74) is 0. The van der Waals surface area contributed by atoms with Gasteiger partial charge in [-0.25, -0.2) is 0 Å². The van der Waals surface area contributed by atoms with Crippen LogP contribution in [0.15, 0.2) is 0 Å². The molecule has 0 bridgehead atoms. The van der Waals surface area contributed by atoms with Crippen LogP contribution in [0, 0.1) is 0 Å². The third kappa shape index (κ3) is 205. The van der Waals surface area contributed by atoms with Gasteiger partial charge in [0.1, 0.15) is 0 Å². The molecule has 0 amide bonds. The predicted molar refractivity (Wildman–Crippen MR) is 21.4 cm³/mol. The largest absolute Gasteiger partial charge is 0.394 e. The van der Waals surface area contributed by atoms with Crippen LogP contribution < -0.4 is 0 Å². The van der Waals surface area contributed by atoms with Crippen molar-refractivity contribution in [2.45, 2.75) is 0 Å². The van der Waals surface area contributed by atoms with Gasteiger partial charge in [-0.05, 0) is 0 Å². The first-order chi connectivity index (χ1) is 2.00. The fourth-order valence-electron chi connectivity index (χ4n) is 0. The van der Waals surface area contributed by atoms with Gasteiger partial charge in [-0.3, -0.25) is 9.11 Å². The fourth-order valence-corrected chi connectivity index (χ4v) is 0. The summed E-state index contributed by atoms with van der Waals surface area (Å²) in [5, 5.41) is 0. The Morgan fingerprint density at radius 2 is 1.00 bits per heavy atom. The van der Waals surface area contributed by atoms with Crippen molar-refractivity contribution in [2.24, 2.45) is 0 Å². The van der Waals surface area contributed by atoms with Crippen molar-refractivity contribution in [3.05, 3.63) is 0 Å². The second-order valence-electron chi connectivity index (χ2n) is 0.448. The molecule has 0 unspecified atom stereocenters. The Labute approximate surface area is 73.3 Å². The third-order valence-electron chi connectivity index (χ3n) is 0. The third-order valence-corrected chi connectivity index (χ3v) is 0. The van der Waals surface area contributed by atoms with Crippen LogP contribution in [0.2, 0.25) is 0 Å². The molecule has 0 heterocycles. The molecule has 0 rings (SSSR count). The molecule has 0 aliphatic carbocycles. The van der Waals surface area contributed by atoms with E-state index in [4.69, 9.17) is 17.5 Å². The van der Waals surface area contributed by atoms with Crippen LogP contribution in [0.3, 0.4) is 0 Å². The van der Waals surface area contributed by atoms with Crippen LogP contribution in [0.4, 0.5) is 0 Å². The average molecular weight is 252 g/mol. The number of hydrogen-bond acceptors (Lipinski definition) is 2. The number of hydrogen-bond donors (Lipinski definition) is 2. The van der Waals surface area contributed by atoms with Crippen molar-refractivity contribution in [3.63, 3.8) is 0 Å². The molecule has 0 aromatic heterocycles. The molecule has 0 atom stereocenters. The second-order valence-corrected chi connectivity index (χ2v) is 1.34. The molecule has 4 nitrogen and oxygen atoms in total. The van der Waals surface area contributed by atoms with Crippen molar-refractivity contribution >= 4 is 22.8 Å². The molecule has 0 aliphatic rings. The summed E-state index contributed by atoms with van der Waals surface area (Å²) in [6, 6.07) is 0. The molecule has 0 aromatic carbocycles. The van der Waals surface area contributed by atoms with E-state index < -0.39 is 10.4 Å².